The summed E-state index contributed by atoms with van der Waals surface area (Å²) in [4.78, 5) is 72.9. The third-order valence-corrected chi connectivity index (χ3v) is 20.1. The van der Waals surface area contributed by atoms with Crippen LogP contribution in [0, 0.1) is 11.8 Å². The van der Waals surface area contributed by atoms with Crippen molar-refractivity contribution >= 4 is 39.5 Å². The van der Waals surface area contributed by atoms with Crippen molar-refractivity contribution in [2.24, 2.45) is 11.8 Å². The Morgan fingerprint density at radius 1 is 0.278 bits per heavy atom. The molecule has 0 saturated carbocycles. The van der Waals surface area contributed by atoms with Crippen molar-refractivity contribution in [3.63, 3.8) is 0 Å². The summed E-state index contributed by atoms with van der Waals surface area (Å²) in [5, 5.41) is 10.6. The molecular weight excluding hydrogens is 1270 g/mol. The fourth-order valence-corrected chi connectivity index (χ4v) is 13.6. The zero-order valence-corrected chi connectivity index (χ0v) is 65.2. The van der Waals surface area contributed by atoms with Crippen LogP contribution in [0.2, 0.25) is 0 Å². The normalized spacial score (nSPS) is 14.0. The summed E-state index contributed by atoms with van der Waals surface area (Å²) >= 11 is 0. The molecule has 19 heteroatoms. The van der Waals surface area contributed by atoms with E-state index in [0.29, 0.717) is 25.7 Å². The number of aliphatic hydroxyl groups excluding tert-OH is 1. The molecule has 17 nitrogen and oxygen atoms in total. The van der Waals surface area contributed by atoms with Gasteiger partial charge in [0.05, 0.1) is 26.4 Å². The van der Waals surface area contributed by atoms with Crippen molar-refractivity contribution in [2.45, 2.75) is 426 Å². The van der Waals surface area contributed by atoms with E-state index in [9.17, 15) is 43.2 Å². The first-order valence-electron chi connectivity index (χ1n) is 40.5. The Balaban J connectivity index is 5.24. The van der Waals surface area contributed by atoms with Crippen LogP contribution in [-0.2, 0) is 65.4 Å². The minimum atomic E-state index is -4.96. The molecule has 2 unspecified atom stereocenters. The van der Waals surface area contributed by atoms with Gasteiger partial charge in [0.15, 0.2) is 12.2 Å². The molecule has 0 rings (SSSR count). The molecule has 0 radical (unpaired) electrons. The SMILES string of the molecule is CCCCCCCCCCCCCCCCCCCCC(=O)O[C@H](COC(=O)CCCCCCCCCCCCCCCC(C)C)COP(=O)(O)OC[C@@H](O)COP(=O)(O)OC[C@@H](COC(=O)CCCCCCCCCCCC)OC(=O)CCCCCCCCCCCCC(C)C. The molecule has 0 aromatic heterocycles. The average molecular weight is 1420 g/mol. The fraction of sp³-hybridized carbons (Fsp3) is 0.949. The fourth-order valence-electron chi connectivity index (χ4n) is 12.0. The minimum Gasteiger partial charge on any atom is -0.462 e. The van der Waals surface area contributed by atoms with Gasteiger partial charge in [0.25, 0.3) is 0 Å². The van der Waals surface area contributed by atoms with Crippen LogP contribution in [0.5, 0.6) is 0 Å². The topological polar surface area (TPSA) is 237 Å². The Kier molecular flexibility index (Phi) is 68.4. The number of ether oxygens (including phenoxy) is 4. The number of hydrogen-bond acceptors (Lipinski definition) is 15. The van der Waals surface area contributed by atoms with Crippen LogP contribution in [-0.4, -0.2) is 96.7 Å². The molecule has 5 atom stereocenters. The molecule has 0 aliphatic heterocycles. The molecule has 0 amide bonds. The number of phosphoric ester groups is 2. The number of carbonyl (C=O) groups is 4. The van der Waals surface area contributed by atoms with Gasteiger partial charge < -0.3 is 33.8 Å². The van der Waals surface area contributed by atoms with E-state index in [1.54, 1.807) is 0 Å². The molecule has 0 aromatic carbocycles. The molecule has 0 bridgehead atoms. The van der Waals surface area contributed by atoms with Crippen LogP contribution < -0.4 is 0 Å². The van der Waals surface area contributed by atoms with Crippen LogP contribution in [0.1, 0.15) is 408 Å². The number of hydrogen-bond donors (Lipinski definition) is 3. The van der Waals surface area contributed by atoms with E-state index >= 15 is 0 Å². The average Bonchev–Trinajstić information content (AvgIpc) is 1.04. The highest BCUT2D eigenvalue weighted by molar-refractivity contribution is 7.47. The predicted octanol–water partition coefficient (Wildman–Crippen LogP) is 23.1. The number of carbonyl (C=O) groups excluding carboxylic acids is 4. The summed E-state index contributed by atoms with van der Waals surface area (Å²) in [6.07, 6.45) is 58.2. The van der Waals surface area contributed by atoms with Crippen LogP contribution in [0.25, 0.3) is 0 Å². The van der Waals surface area contributed by atoms with E-state index in [4.69, 9.17) is 37.0 Å². The van der Waals surface area contributed by atoms with Crippen LogP contribution >= 0.6 is 15.6 Å². The van der Waals surface area contributed by atoms with Gasteiger partial charge in [0.1, 0.15) is 19.3 Å². The first-order chi connectivity index (χ1) is 46.9. The summed E-state index contributed by atoms with van der Waals surface area (Å²) in [6, 6.07) is 0. The van der Waals surface area contributed by atoms with E-state index in [-0.39, 0.29) is 25.7 Å². The van der Waals surface area contributed by atoms with Crippen molar-refractivity contribution in [3.8, 4) is 0 Å². The van der Waals surface area contributed by atoms with Crippen molar-refractivity contribution < 1.29 is 80.2 Å². The largest absolute Gasteiger partial charge is 0.472 e. The van der Waals surface area contributed by atoms with Gasteiger partial charge in [-0.3, -0.25) is 37.3 Å². The Hall–Kier alpha value is -1.94. The molecule has 0 aliphatic rings. The molecule has 0 spiro atoms. The third-order valence-electron chi connectivity index (χ3n) is 18.2. The van der Waals surface area contributed by atoms with Crippen LogP contribution in [0.4, 0.5) is 0 Å². The van der Waals surface area contributed by atoms with Crippen molar-refractivity contribution in [1.82, 2.24) is 0 Å². The molecule has 0 aliphatic carbocycles. The molecule has 0 fully saturated rings. The molecule has 0 aromatic rings. The van der Waals surface area contributed by atoms with Gasteiger partial charge in [-0.15, -0.1) is 0 Å². The highest BCUT2D eigenvalue weighted by Crippen LogP contribution is 2.45. The van der Waals surface area contributed by atoms with Crippen molar-refractivity contribution in [2.75, 3.05) is 39.6 Å². The Labute approximate surface area is 594 Å². The van der Waals surface area contributed by atoms with Crippen LogP contribution in [0.3, 0.4) is 0 Å². The highest BCUT2D eigenvalue weighted by Gasteiger charge is 2.30. The second kappa shape index (κ2) is 69.8. The lowest BCUT2D eigenvalue weighted by molar-refractivity contribution is -0.161. The van der Waals surface area contributed by atoms with Gasteiger partial charge in [0, 0.05) is 25.7 Å². The maximum atomic E-state index is 13.1. The lowest BCUT2D eigenvalue weighted by Crippen LogP contribution is -2.30. The van der Waals surface area contributed by atoms with Gasteiger partial charge in [0.2, 0.25) is 0 Å². The van der Waals surface area contributed by atoms with Crippen molar-refractivity contribution in [1.29, 1.82) is 0 Å². The quantitative estimate of drug-likeness (QED) is 0.0222. The second-order valence-corrected chi connectivity index (χ2v) is 32.0. The van der Waals surface area contributed by atoms with Gasteiger partial charge in [-0.05, 0) is 37.5 Å². The summed E-state index contributed by atoms with van der Waals surface area (Å²) < 4.78 is 68.6. The summed E-state index contributed by atoms with van der Waals surface area (Å²) in [5.74, 6) is -0.569. The second-order valence-electron chi connectivity index (χ2n) is 29.1. The molecule has 576 valence electrons. The van der Waals surface area contributed by atoms with Crippen molar-refractivity contribution in [3.05, 3.63) is 0 Å². The van der Waals surface area contributed by atoms with Gasteiger partial charge in [-0.1, -0.05) is 356 Å². The number of rotatable bonds is 77. The zero-order chi connectivity index (χ0) is 71.4. The number of aliphatic hydroxyl groups is 1. The summed E-state index contributed by atoms with van der Waals surface area (Å²) in [7, 11) is -9.91. The molecule has 3 N–H and O–H groups in total. The summed E-state index contributed by atoms with van der Waals surface area (Å²) in [6.45, 7) is 9.62. The first-order valence-corrected chi connectivity index (χ1v) is 43.5. The highest BCUT2D eigenvalue weighted by atomic mass is 31.2. The maximum absolute atomic E-state index is 13.1. The van der Waals surface area contributed by atoms with Crippen LogP contribution in [0.15, 0.2) is 0 Å². The number of esters is 4. The van der Waals surface area contributed by atoms with E-state index < -0.39 is 97.5 Å². The van der Waals surface area contributed by atoms with E-state index in [2.05, 4.69) is 41.5 Å². The first kappa shape index (κ1) is 95.1. The minimum absolute atomic E-state index is 0.106. The van der Waals surface area contributed by atoms with E-state index in [1.807, 2.05) is 0 Å². The molecule has 0 heterocycles. The lowest BCUT2D eigenvalue weighted by atomic mass is 10.0. The maximum Gasteiger partial charge on any atom is 0.472 e. The lowest BCUT2D eigenvalue weighted by Gasteiger charge is -2.21. The van der Waals surface area contributed by atoms with Gasteiger partial charge in [-0.25, -0.2) is 9.13 Å². The van der Waals surface area contributed by atoms with Gasteiger partial charge >= 0.3 is 39.5 Å². The van der Waals surface area contributed by atoms with Gasteiger partial charge in [-0.2, -0.15) is 0 Å². The molecular formula is C78H152O17P2. The summed E-state index contributed by atoms with van der Waals surface area (Å²) in [5.41, 5.74) is 0. The Morgan fingerprint density at radius 3 is 0.701 bits per heavy atom. The number of phosphoric acid groups is 2. The predicted molar refractivity (Wildman–Crippen MR) is 395 cm³/mol. The monoisotopic (exact) mass is 1420 g/mol. The van der Waals surface area contributed by atoms with E-state index in [0.717, 1.165) is 102 Å². The smallest absolute Gasteiger partial charge is 0.462 e. The standard InChI is InChI=1S/C78H152O17P2/c1-7-9-11-13-15-17-19-20-21-22-23-24-27-31-38-44-50-56-62-77(82)94-74(67-89-76(81)61-55-49-43-37-30-28-25-26-29-34-40-46-52-58-70(3)4)69-93-97(86,87)91-65-72(79)64-90-96(84,85)92-68-73(66-88-75(80)60-54-48-42-36-18-16-14-12-10-8-2)95-78(83)63-57-51-45-39-33-32-35-41-47-53-59-71(5)6/h70-74,79H,7-69H2,1-6H3,(H,84,85)(H,86,87)/t72-,73+,74+/m0/s1. The third kappa shape index (κ3) is 72.2. The Morgan fingerprint density at radius 2 is 0.474 bits per heavy atom. The molecule has 0 saturated heterocycles. The van der Waals surface area contributed by atoms with E-state index in [1.165, 1.54) is 225 Å². The molecule has 97 heavy (non-hydrogen) atoms. The zero-order valence-electron chi connectivity index (χ0n) is 63.4. The Bertz CT molecular complexity index is 1870. The number of unbranched alkanes of at least 4 members (excludes halogenated alkanes) is 47.